The fourth-order valence-electron chi connectivity index (χ4n) is 1.84. The number of hydrogen-bond donors (Lipinski definition) is 1. The topological polar surface area (TPSA) is 64.1 Å². The number of thioether (sulfide) groups is 1. The number of aryl methyl sites for hydroxylation is 1. The molecule has 0 aliphatic carbocycles. The van der Waals surface area contributed by atoms with Gasteiger partial charge < -0.3 is 4.74 Å². The molecule has 0 aliphatic rings. The molecule has 0 saturated heterocycles. The van der Waals surface area contributed by atoms with Gasteiger partial charge in [-0.25, -0.2) is 4.98 Å². The molecule has 20 heavy (non-hydrogen) atoms. The van der Waals surface area contributed by atoms with Gasteiger partial charge in [0.1, 0.15) is 11.4 Å². The Hall–Kier alpha value is -0.660. The van der Waals surface area contributed by atoms with Crippen molar-refractivity contribution in [1.82, 2.24) is 14.7 Å². The second-order valence-corrected chi connectivity index (χ2v) is 7.15. The zero-order valence-electron chi connectivity index (χ0n) is 12.7. The summed E-state index contributed by atoms with van der Waals surface area (Å²) in [5.41, 5.74) is -0.656. The van der Waals surface area contributed by atoms with E-state index in [1.165, 1.54) is 11.5 Å². The number of carbonyl (C=O) groups excluding carboxylic acids is 1. The molecule has 1 N–H and O–H groups in total. The molecule has 1 atom stereocenters. The summed E-state index contributed by atoms with van der Waals surface area (Å²) < 4.78 is 10.3. The van der Waals surface area contributed by atoms with Crippen LogP contribution in [0.15, 0.2) is 4.34 Å². The summed E-state index contributed by atoms with van der Waals surface area (Å²) in [4.78, 5) is 16.4. The molecule has 0 saturated carbocycles. The van der Waals surface area contributed by atoms with Crippen LogP contribution in [0.3, 0.4) is 0 Å². The number of hydrogen-bond acceptors (Lipinski definition) is 7. The summed E-state index contributed by atoms with van der Waals surface area (Å²) >= 11 is 3.03. The van der Waals surface area contributed by atoms with Crippen LogP contribution in [0.1, 0.15) is 39.9 Å². The van der Waals surface area contributed by atoms with Crippen LogP contribution >= 0.6 is 23.3 Å². The fraction of sp³-hybridized carbons (Fsp3) is 0.769. The molecule has 0 spiro atoms. The zero-order valence-corrected chi connectivity index (χ0v) is 14.4. The molecule has 7 heteroatoms. The number of nitrogens with zero attached hydrogens (tertiary/aromatic N) is 2. The molecule has 0 bridgehead atoms. The first-order valence-corrected chi connectivity index (χ1v) is 8.51. The lowest BCUT2D eigenvalue weighted by Gasteiger charge is -2.30. The van der Waals surface area contributed by atoms with E-state index in [1.807, 2.05) is 34.6 Å². The largest absolute Gasteiger partial charge is 0.465 e. The summed E-state index contributed by atoms with van der Waals surface area (Å²) in [6, 6.07) is 0.221. The van der Waals surface area contributed by atoms with Gasteiger partial charge in [-0.3, -0.25) is 10.1 Å². The lowest BCUT2D eigenvalue weighted by Crippen LogP contribution is -2.53. The van der Waals surface area contributed by atoms with Crippen LogP contribution in [-0.4, -0.2) is 39.3 Å². The van der Waals surface area contributed by atoms with Crippen molar-refractivity contribution >= 4 is 29.3 Å². The molecule has 0 aromatic carbocycles. The minimum atomic E-state index is -0.656. The van der Waals surface area contributed by atoms with E-state index < -0.39 is 5.54 Å². The first-order valence-electron chi connectivity index (χ1n) is 6.75. The highest BCUT2D eigenvalue weighted by Crippen LogP contribution is 2.24. The van der Waals surface area contributed by atoms with Gasteiger partial charge in [0.25, 0.3) is 0 Å². The van der Waals surface area contributed by atoms with E-state index in [4.69, 9.17) is 4.74 Å². The SMILES string of the molecule is CCOC(=O)C(C)(CCSc1nc(C)ns1)NC(C)C. The van der Waals surface area contributed by atoms with Crippen molar-refractivity contribution in [1.29, 1.82) is 0 Å². The lowest BCUT2D eigenvalue weighted by atomic mass is 9.98. The van der Waals surface area contributed by atoms with Gasteiger partial charge in [-0.1, -0.05) is 11.8 Å². The summed E-state index contributed by atoms with van der Waals surface area (Å²) in [6.07, 6.45) is 0.688. The minimum absolute atomic E-state index is 0.192. The maximum Gasteiger partial charge on any atom is 0.326 e. The molecular weight excluding hydrogens is 294 g/mol. The maximum atomic E-state index is 12.1. The number of nitrogens with one attached hydrogen (secondary N) is 1. The third kappa shape index (κ3) is 5.38. The molecule has 1 aromatic heterocycles. The zero-order chi connectivity index (χ0) is 15.2. The molecule has 1 unspecified atom stereocenters. The van der Waals surface area contributed by atoms with Crippen molar-refractivity contribution in [2.45, 2.75) is 57.0 Å². The van der Waals surface area contributed by atoms with Crippen molar-refractivity contribution in [2.75, 3.05) is 12.4 Å². The fourth-order valence-corrected chi connectivity index (χ4v) is 3.72. The molecule has 0 amide bonds. The lowest BCUT2D eigenvalue weighted by molar-refractivity contribution is -0.150. The quantitative estimate of drug-likeness (QED) is 0.587. The van der Waals surface area contributed by atoms with Crippen molar-refractivity contribution in [3.63, 3.8) is 0 Å². The number of carbonyl (C=O) groups is 1. The monoisotopic (exact) mass is 317 g/mol. The van der Waals surface area contributed by atoms with E-state index >= 15 is 0 Å². The van der Waals surface area contributed by atoms with E-state index in [9.17, 15) is 4.79 Å². The van der Waals surface area contributed by atoms with E-state index in [-0.39, 0.29) is 12.0 Å². The second-order valence-electron chi connectivity index (χ2n) is 5.06. The average Bonchev–Trinajstić information content (AvgIpc) is 2.74. The molecule has 1 aromatic rings. The first kappa shape index (κ1) is 17.4. The van der Waals surface area contributed by atoms with E-state index in [0.717, 1.165) is 15.9 Å². The smallest absolute Gasteiger partial charge is 0.326 e. The third-order valence-corrected chi connectivity index (χ3v) is 4.60. The molecule has 0 radical (unpaired) electrons. The Kier molecular flexibility index (Phi) is 6.91. The van der Waals surface area contributed by atoms with Crippen LogP contribution in [0.25, 0.3) is 0 Å². The standard InChI is InChI=1S/C13H23N3O2S2/c1-6-18-11(17)13(5,15-9(2)3)7-8-19-12-14-10(4)16-20-12/h9,15H,6-8H2,1-5H3. The number of rotatable bonds is 8. The summed E-state index contributed by atoms with van der Waals surface area (Å²) in [5, 5.41) is 3.31. The van der Waals surface area contributed by atoms with E-state index in [2.05, 4.69) is 14.7 Å². The molecule has 0 aliphatic heterocycles. The highest BCUT2D eigenvalue weighted by atomic mass is 32.2. The van der Waals surface area contributed by atoms with Gasteiger partial charge in [0.2, 0.25) is 0 Å². The highest BCUT2D eigenvalue weighted by Gasteiger charge is 2.34. The van der Waals surface area contributed by atoms with Gasteiger partial charge in [0.05, 0.1) is 6.61 Å². The van der Waals surface area contributed by atoms with Gasteiger partial charge in [0, 0.05) is 11.8 Å². The average molecular weight is 317 g/mol. The van der Waals surface area contributed by atoms with Crippen LogP contribution in [0.2, 0.25) is 0 Å². The van der Waals surface area contributed by atoms with Crippen LogP contribution in [0, 0.1) is 6.92 Å². The first-order chi connectivity index (χ1) is 9.37. The van der Waals surface area contributed by atoms with Gasteiger partial charge in [0.15, 0.2) is 4.34 Å². The van der Waals surface area contributed by atoms with Crippen molar-refractivity contribution in [3.05, 3.63) is 5.82 Å². The second kappa shape index (κ2) is 7.95. The predicted molar refractivity (Wildman–Crippen MR) is 83.3 cm³/mol. The van der Waals surface area contributed by atoms with Crippen LogP contribution < -0.4 is 5.32 Å². The van der Waals surface area contributed by atoms with Crippen molar-refractivity contribution in [2.24, 2.45) is 0 Å². The molecule has 5 nitrogen and oxygen atoms in total. The predicted octanol–water partition coefficient (Wildman–Crippen LogP) is 2.65. The van der Waals surface area contributed by atoms with Gasteiger partial charge >= 0.3 is 5.97 Å². The highest BCUT2D eigenvalue weighted by molar-refractivity contribution is 8.00. The molecule has 114 valence electrons. The normalized spacial score (nSPS) is 14.3. The van der Waals surface area contributed by atoms with Gasteiger partial charge in [-0.05, 0) is 52.6 Å². The van der Waals surface area contributed by atoms with Gasteiger partial charge in [-0.2, -0.15) is 4.37 Å². The number of ether oxygens (including phenoxy) is 1. The van der Waals surface area contributed by atoms with E-state index in [0.29, 0.717) is 13.0 Å². The minimum Gasteiger partial charge on any atom is -0.465 e. The molecule has 1 rings (SSSR count). The Morgan fingerprint density at radius 3 is 2.75 bits per heavy atom. The maximum absolute atomic E-state index is 12.1. The molecule has 1 heterocycles. The Morgan fingerprint density at radius 1 is 1.55 bits per heavy atom. The third-order valence-electron chi connectivity index (χ3n) is 2.67. The summed E-state index contributed by atoms with van der Waals surface area (Å²) in [7, 11) is 0. The van der Waals surface area contributed by atoms with Crippen LogP contribution in [0.5, 0.6) is 0 Å². The van der Waals surface area contributed by atoms with Crippen LogP contribution in [0.4, 0.5) is 0 Å². The molecule has 0 fully saturated rings. The summed E-state index contributed by atoms with van der Waals surface area (Å²) in [5.74, 6) is 1.40. The molecular formula is C13H23N3O2S2. The van der Waals surface area contributed by atoms with Crippen LogP contribution in [-0.2, 0) is 9.53 Å². The Bertz CT molecular complexity index is 437. The Morgan fingerprint density at radius 2 is 2.25 bits per heavy atom. The van der Waals surface area contributed by atoms with Crippen molar-refractivity contribution in [3.8, 4) is 0 Å². The van der Waals surface area contributed by atoms with E-state index in [1.54, 1.807) is 11.8 Å². The van der Waals surface area contributed by atoms with Crippen molar-refractivity contribution < 1.29 is 9.53 Å². The Balaban J connectivity index is 2.57. The van der Waals surface area contributed by atoms with Gasteiger partial charge in [-0.15, -0.1) is 0 Å². The Labute approximate surface area is 129 Å². The summed E-state index contributed by atoms with van der Waals surface area (Å²) in [6.45, 7) is 10.1. The number of aromatic nitrogens is 2. The number of esters is 1.